The van der Waals surface area contributed by atoms with Gasteiger partial charge in [-0.3, -0.25) is 4.98 Å². The van der Waals surface area contributed by atoms with Gasteiger partial charge in [-0.1, -0.05) is 0 Å². The smallest absolute Gasteiger partial charge is 0.266 e. The number of alkyl halides is 3. The summed E-state index contributed by atoms with van der Waals surface area (Å²) < 4.78 is 25.2. The Morgan fingerprint density at radius 1 is 1.57 bits per heavy atom. The summed E-state index contributed by atoms with van der Waals surface area (Å²) in [4.78, 5) is 3.83. The molecule has 1 N–H and O–H groups in total. The molecule has 0 aromatic carbocycles. The highest BCUT2D eigenvalue weighted by Gasteiger charge is 2.18. The summed E-state index contributed by atoms with van der Waals surface area (Å²) in [6.45, 7) is 1.18. The Hall–Kier alpha value is -0.740. The number of aliphatic hydroxyl groups is 1. The normalized spacial score (nSPS) is 11.0. The Bertz CT molecular complexity index is 306. The van der Waals surface area contributed by atoms with E-state index in [1.54, 1.807) is 6.92 Å². The lowest BCUT2D eigenvalue weighted by molar-refractivity contribution is 0.145. The molecular formula is C9H10ClF2NO. The third kappa shape index (κ3) is 2.19. The minimum absolute atomic E-state index is 0.00394. The quantitative estimate of drug-likeness (QED) is 0.796. The van der Waals surface area contributed by atoms with Gasteiger partial charge in [0.05, 0.1) is 12.3 Å². The second-order valence-electron chi connectivity index (χ2n) is 2.88. The molecule has 1 aromatic heterocycles. The van der Waals surface area contributed by atoms with Crippen LogP contribution in [0.3, 0.4) is 0 Å². The van der Waals surface area contributed by atoms with Crippen molar-refractivity contribution in [3.8, 4) is 0 Å². The van der Waals surface area contributed by atoms with E-state index >= 15 is 0 Å². The topological polar surface area (TPSA) is 33.1 Å². The molecule has 0 atom stereocenters. The Labute approximate surface area is 85.5 Å². The van der Waals surface area contributed by atoms with E-state index in [-0.39, 0.29) is 17.1 Å². The number of aromatic nitrogens is 1. The van der Waals surface area contributed by atoms with E-state index in [1.807, 2.05) is 0 Å². The van der Waals surface area contributed by atoms with Gasteiger partial charge in [-0.2, -0.15) is 0 Å². The molecule has 0 saturated carbocycles. The molecule has 5 heteroatoms. The van der Waals surface area contributed by atoms with Crippen molar-refractivity contribution in [2.45, 2.75) is 25.8 Å². The van der Waals surface area contributed by atoms with Gasteiger partial charge in [0.2, 0.25) is 0 Å². The Kier molecular flexibility index (Phi) is 3.77. The van der Waals surface area contributed by atoms with Gasteiger partial charge in [0, 0.05) is 17.1 Å². The fraction of sp³-hybridized carbons (Fsp3) is 0.444. The molecule has 2 nitrogen and oxygen atoms in total. The van der Waals surface area contributed by atoms with Crippen molar-refractivity contribution in [2.75, 3.05) is 0 Å². The van der Waals surface area contributed by atoms with E-state index in [9.17, 15) is 8.78 Å². The van der Waals surface area contributed by atoms with Crippen LogP contribution in [0.2, 0.25) is 0 Å². The molecule has 78 valence electrons. The van der Waals surface area contributed by atoms with Crippen LogP contribution in [-0.2, 0) is 12.5 Å². The van der Waals surface area contributed by atoms with E-state index in [4.69, 9.17) is 16.7 Å². The Morgan fingerprint density at radius 2 is 2.21 bits per heavy atom. The standard InChI is InChI=1S/C9H10ClF2NO/c1-5-2-6(3-10)8(9(11)12)7(4-14)13-5/h2,9,14H,3-4H2,1H3. The highest BCUT2D eigenvalue weighted by atomic mass is 35.5. The summed E-state index contributed by atoms with van der Waals surface area (Å²) >= 11 is 5.53. The van der Waals surface area contributed by atoms with E-state index in [2.05, 4.69) is 4.98 Å². The molecule has 14 heavy (non-hydrogen) atoms. The molecule has 0 saturated heterocycles. The van der Waals surface area contributed by atoms with Gasteiger partial charge >= 0.3 is 0 Å². The zero-order chi connectivity index (χ0) is 10.7. The minimum Gasteiger partial charge on any atom is -0.390 e. The van der Waals surface area contributed by atoms with Crippen molar-refractivity contribution in [3.05, 3.63) is 28.6 Å². The molecule has 0 aliphatic rings. The number of aliphatic hydroxyl groups excluding tert-OH is 1. The lowest BCUT2D eigenvalue weighted by atomic mass is 10.1. The zero-order valence-electron chi connectivity index (χ0n) is 7.60. The van der Waals surface area contributed by atoms with E-state index in [0.29, 0.717) is 11.3 Å². The second kappa shape index (κ2) is 4.66. The average molecular weight is 222 g/mol. The maximum atomic E-state index is 12.6. The summed E-state index contributed by atoms with van der Waals surface area (Å²) in [6, 6.07) is 1.51. The summed E-state index contributed by atoms with van der Waals surface area (Å²) in [7, 11) is 0. The first-order chi connectivity index (χ1) is 6.60. The first-order valence-corrected chi connectivity index (χ1v) is 4.57. The predicted molar refractivity (Wildman–Crippen MR) is 49.4 cm³/mol. The number of rotatable bonds is 3. The molecule has 0 aliphatic heterocycles. The number of nitrogens with zero attached hydrogens (tertiary/aromatic N) is 1. The largest absolute Gasteiger partial charge is 0.390 e. The molecule has 0 unspecified atom stereocenters. The Balaban J connectivity index is 3.33. The molecule has 1 aromatic rings. The first kappa shape index (κ1) is 11.3. The van der Waals surface area contributed by atoms with Gasteiger partial charge in [0.15, 0.2) is 0 Å². The van der Waals surface area contributed by atoms with Gasteiger partial charge in [0.25, 0.3) is 6.43 Å². The SMILES string of the molecule is Cc1cc(CCl)c(C(F)F)c(CO)n1. The predicted octanol–water partition coefficient (Wildman–Crippen LogP) is 2.56. The molecule has 0 bridgehead atoms. The van der Waals surface area contributed by atoms with Gasteiger partial charge in [-0.25, -0.2) is 8.78 Å². The third-order valence-corrected chi connectivity index (χ3v) is 2.15. The maximum absolute atomic E-state index is 12.6. The number of hydrogen-bond donors (Lipinski definition) is 1. The summed E-state index contributed by atoms with van der Waals surface area (Å²) in [5.41, 5.74) is 0.677. The van der Waals surface area contributed by atoms with Crippen molar-refractivity contribution in [1.29, 1.82) is 0 Å². The molecular weight excluding hydrogens is 212 g/mol. The van der Waals surface area contributed by atoms with E-state index in [1.165, 1.54) is 6.07 Å². The van der Waals surface area contributed by atoms with Crippen LogP contribution >= 0.6 is 11.6 Å². The van der Waals surface area contributed by atoms with Gasteiger partial charge < -0.3 is 5.11 Å². The molecule has 0 fully saturated rings. The zero-order valence-corrected chi connectivity index (χ0v) is 8.35. The van der Waals surface area contributed by atoms with Crippen molar-refractivity contribution in [3.63, 3.8) is 0 Å². The van der Waals surface area contributed by atoms with E-state index < -0.39 is 13.0 Å². The monoisotopic (exact) mass is 221 g/mol. The van der Waals surface area contributed by atoms with Crippen LogP contribution in [0, 0.1) is 6.92 Å². The van der Waals surface area contributed by atoms with Gasteiger partial charge in [0.1, 0.15) is 0 Å². The van der Waals surface area contributed by atoms with Crippen molar-refractivity contribution >= 4 is 11.6 Å². The summed E-state index contributed by atoms with van der Waals surface area (Å²) in [5, 5.41) is 8.87. The highest BCUT2D eigenvalue weighted by Crippen LogP contribution is 2.27. The molecule has 1 rings (SSSR count). The van der Waals surface area contributed by atoms with Crippen molar-refractivity contribution in [2.24, 2.45) is 0 Å². The van der Waals surface area contributed by atoms with Gasteiger partial charge in [-0.15, -0.1) is 11.6 Å². The average Bonchev–Trinajstić information content (AvgIpc) is 2.15. The lowest BCUT2D eigenvalue weighted by Gasteiger charge is -2.11. The minimum atomic E-state index is -2.65. The van der Waals surface area contributed by atoms with Crippen LogP contribution in [-0.4, -0.2) is 10.1 Å². The van der Waals surface area contributed by atoms with Crippen LogP contribution < -0.4 is 0 Å². The van der Waals surface area contributed by atoms with Crippen molar-refractivity contribution in [1.82, 2.24) is 4.98 Å². The highest BCUT2D eigenvalue weighted by molar-refractivity contribution is 6.17. The van der Waals surface area contributed by atoms with Crippen molar-refractivity contribution < 1.29 is 13.9 Å². The second-order valence-corrected chi connectivity index (χ2v) is 3.14. The van der Waals surface area contributed by atoms with Crippen LogP contribution in [0.15, 0.2) is 6.07 Å². The first-order valence-electron chi connectivity index (χ1n) is 4.04. The van der Waals surface area contributed by atoms with E-state index in [0.717, 1.165) is 0 Å². The molecule has 1 heterocycles. The maximum Gasteiger partial charge on any atom is 0.266 e. The fourth-order valence-corrected chi connectivity index (χ4v) is 1.54. The summed E-state index contributed by atoms with van der Waals surface area (Å²) in [5.74, 6) is -0.00394. The Morgan fingerprint density at radius 3 is 2.64 bits per heavy atom. The van der Waals surface area contributed by atoms with Crippen LogP contribution in [0.25, 0.3) is 0 Å². The van der Waals surface area contributed by atoms with Gasteiger partial charge in [-0.05, 0) is 18.6 Å². The number of aryl methyl sites for hydroxylation is 1. The number of hydrogen-bond acceptors (Lipinski definition) is 2. The third-order valence-electron chi connectivity index (χ3n) is 1.86. The van der Waals surface area contributed by atoms with Crippen LogP contribution in [0.4, 0.5) is 8.78 Å². The van der Waals surface area contributed by atoms with Crippen LogP contribution in [0.1, 0.15) is 28.9 Å². The molecule has 0 radical (unpaired) electrons. The van der Waals surface area contributed by atoms with Crippen LogP contribution in [0.5, 0.6) is 0 Å². The molecule has 0 aliphatic carbocycles. The summed E-state index contributed by atoms with van der Waals surface area (Å²) in [6.07, 6.45) is -2.65. The number of pyridine rings is 1. The molecule has 0 amide bonds. The molecule has 0 spiro atoms. The fourth-order valence-electron chi connectivity index (χ4n) is 1.32. The lowest BCUT2D eigenvalue weighted by Crippen LogP contribution is -2.04. The number of halogens is 3.